The van der Waals surface area contributed by atoms with E-state index >= 15 is 0 Å². The summed E-state index contributed by atoms with van der Waals surface area (Å²) < 4.78 is 2.25. The van der Waals surface area contributed by atoms with E-state index in [0.717, 1.165) is 18.4 Å². The standard InChI is InChI=1S/C16H29N3/c1-4-5-14-6-8-15(9-7-14)18-16-17-10-11-19(16)12-13(2)3/h10-11,13-15H,4-9,12H2,1-3H3,(H,17,18). The lowest BCUT2D eigenvalue weighted by Gasteiger charge is -2.29. The molecule has 2 rings (SSSR count). The van der Waals surface area contributed by atoms with Crippen LogP contribution in [0.15, 0.2) is 12.4 Å². The van der Waals surface area contributed by atoms with Crippen LogP contribution in [0.4, 0.5) is 5.95 Å². The first-order valence-electron chi connectivity index (χ1n) is 7.96. The highest BCUT2D eigenvalue weighted by molar-refractivity contribution is 5.27. The smallest absolute Gasteiger partial charge is 0.202 e. The van der Waals surface area contributed by atoms with Gasteiger partial charge in [-0.05, 0) is 37.5 Å². The van der Waals surface area contributed by atoms with E-state index in [0.29, 0.717) is 12.0 Å². The Morgan fingerprint density at radius 3 is 2.68 bits per heavy atom. The van der Waals surface area contributed by atoms with Crippen LogP contribution in [0.1, 0.15) is 59.3 Å². The molecule has 0 bridgehead atoms. The molecule has 1 N–H and O–H groups in total. The van der Waals surface area contributed by atoms with Crippen LogP contribution >= 0.6 is 0 Å². The zero-order valence-electron chi connectivity index (χ0n) is 12.7. The molecule has 0 aliphatic heterocycles. The largest absolute Gasteiger partial charge is 0.353 e. The van der Waals surface area contributed by atoms with Crippen molar-refractivity contribution in [1.82, 2.24) is 9.55 Å². The first kappa shape index (κ1) is 14.4. The molecule has 1 fully saturated rings. The van der Waals surface area contributed by atoms with E-state index in [1.165, 1.54) is 38.5 Å². The maximum Gasteiger partial charge on any atom is 0.202 e. The van der Waals surface area contributed by atoms with Gasteiger partial charge in [-0.3, -0.25) is 0 Å². The Kier molecular flexibility index (Phi) is 5.29. The molecule has 0 atom stereocenters. The summed E-state index contributed by atoms with van der Waals surface area (Å²) in [5.74, 6) is 2.70. The predicted molar refractivity (Wildman–Crippen MR) is 81.3 cm³/mol. The van der Waals surface area contributed by atoms with Crippen molar-refractivity contribution in [2.75, 3.05) is 5.32 Å². The highest BCUT2D eigenvalue weighted by Crippen LogP contribution is 2.29. The average Bonchev–Trinajstić information content (AvgIpc) is 2.79. The lowest BCUT2D eigenvalue weighted by Crippen LogP contribution is -2.27. The Hall–Kier alpha value is -0.990. The summed E-state index contributed by atoms with van der Waals surface area (Å²) in [6.07, 6.45) is 12.1. The number of hydrogen-bond donors (Lipinski definition) is 1. The Bertz CT molecular complexity index is 362. The van der Waals surface area contributed by atoms with E-state index < -0.39 is 0 Å². The van der Waals surface area contributed by atoms with Gasteiger partial charge in [-0.25, -0.2) is 4.98 Å². The van der Waals surface area contributed by atoms with Crippen LogP contribution < -0.4 is 5.32 Å². The van der Waals surface area contributed by atoms with Crippen LogP contribution in [0.2, 0.25) is 0 Å². The molecule has 0 unspecified atom stereocenters. The maximum atomic E-state index is 4.47. The quantitative estimate of drug-likeness (QED) is 0.829. The first-order valence-corrected chi connectivity index (χ1v) is 7.96. The molecule has 0 amide bonds. The van der Waals surface area contributed by atoms with Gasteiger partial charge in [-0.1, -0.05) is 33.6 Å². The molecule has 0 saturated heterocycles. The summed E-state index contributed by atoms with van der Waals surface area (Å²) in [5, 5.41) is 3.65. The third-order valence-corrected chi connectivity index (χ3v) is 4.15. The zero-order valence-corrected chi connectivity index (χ0v) is 12.7. The van der Waals surface area contributed by atoms with Gasteiger partial charge in [0.2, 0.25) is 5.95 Å². The van der Waals surface area contributed by atoms with Crippen molar-refractivity contribution in [3.63, 3.8) is 0 Å². The molecule has 1 aromatic rings. The fourth-order valence-electron chi connectivity index (χ4n) is 3.18. The summed E-state index contributed by atoms with van der Waals surface area (Å²) >= 11 is 0. The van der Waals surface area contributed by atoms with Crippen molar-refractivity contribution in [3.05, 3.63) is 12.4 Å². The highest BCUT2D eigenvalue weighted by Gasteiger charge is 2.21. The second-order valence-corrected chi connectivity index (χ2v) is 6.45. The van der Waals surface area contributed by atoms with Crippen LogP contribution in [0, 0.1) is 11.8 Å². The van der Waals surface area contributed by atoms with E-state index in [2.05, 4.69) is 41.8 Å². The number of nitrogens with one attached hydrogen (secondary N) is 1. The summed E-state index contributed by atoms with van der Waals surface area (Å²) in [7, 11) is 0. The summed E-state index contributed by atoms with van der Waals surface area (Å²) in [6, 6.07) is 0.626. The Morgan fingerprint density at radius 2 is 2.05 bits per heavy atom. The number of imidazole rings is 1. The number of anilines is 1. The molecular formula is C16H29N3. The SMILES string of the molecule is CCCC1CCC(Nc2nccn2CC(C)C)CC1. The molecule has 1 aliphatic rings. The van der Waals surface area contributed by atoms with E-state index in [1.54, 1.807) is 0 Å². The third kappa shape index (κ3) is 4.26. The Morgan fingerprint density at radius 1 is 1.32 bits per heavy atom. The van der Waals surface area contributed by atoms with Crippen molar-refractivity contribution in [2.45, 2.75) is 71.9 Å². The maximum absolute atomic E-state index is 4.47. The number of nitrogens with zero attached hydrogens (tertiary/aromatic N) is 2. The van der Waals surface area contributed by atoms with Gasteiger partial charge in [-0.15, -0.1) is 0 Å². The fraction of sp³-hybridized carbons (Fsp3) is 0.812. The molecule has 19 heavy (non-hydrogen) atoms. The van der Waals surface area contributed by atoms with Crippen LogP contribution in [0.5, 0.6) is 0 Å². The van der Waals surface area contributed by atoms with Crippen molar-refractivity contribution < 1.29 is 0 Å². The van der Waals surface area contributed by atoms with Crippen molar-refractivity contribution in [2.24, 2.45) is 11.8 Å². The van der Waals surface area contributed by atoms with Gasteiger partial charge in [-0.2, -0.15) is 0 Å². The molecule has 0 aromatic carbocycles. The normalized spacial score (nSPS) is 23.8. The minimum Gasteiger partial charge on any atom is -0.353 e. The predicted octanol–water partition coefficient (Wildman–Crippen LogP) is 4.31. The van der Waals surface area contributed by atoms with Gasteiger partial charge in [0.1, 0.15) is 0 Å². The molecule has 1 saturated carbocycles. The monoisotopic (exact) mass is 263 g/mol. The number of rotatable bonds is 6. The van der Waals surface area contributed by atoms with Gasteiger partial charge < -0.3 is 9.88 Å². The minimum absolute atomic E-state index is 0.626. The first-order chi connectivity index (χ1) is 9.19. The second kappa shape index (κ2) is 6.97. The summed E-state index contributed by atoms with van der Waals surface area (Å²) in [4.78, 5) is 4.47. The molecule has 0 radical (unpaired) electrons. The van der Waals surface area contributed by atoms with E-state index in [4.69, 9.17) is 0 Å². The number of hydrogen-bond acceptors (Lipinski definition) is 2. The van der Waals surface area contributed by atoms with Crippen molar-refractivity contribution in [3.8, 4) is 0 Å². The molecule has 3 heteroatoms. The topological polar surface area (TPSA) is 29.9 Å². The highest BCUT2D eigenvalue weighted by atomic mass is 15.2. The van der Waals surface area contributed by atoms with Crippen LogP contribution in [-0.2, 0) is 6.54 Å². The van der Waals surface area contributed by atoms with Gasteiger partial charge in [0.25, 0.3) is 0 Å². The fourth-order valence-corrected chi connectivity index (χ4v) is 3.18. The van der Waals surface area contributed by atoms with E-state index in [-0.39, 0.29) is 0 Å². The molecule has 3 nitrogen and oxygen atoms in total. The zero-order chi connectivity index (χ0) is 13.7. The third-order valence-electron chi connectivity index (χ3n) is 4.15. The summed E-state index contributed by atoms with van der Waals surface area (Å²) in [6.45, 7) is 7.85. The van der Waals surface area contributed by atoms with Crippen molar-refractivity contribution in [1.29, 1.82) is 0 Å². The lowest BCUT2D eigenvalue weighted by atomic mass is 9.83. The Balaban J connectivity index is 1.84. The van der Waals surface area contributed by atoms with Gasteiger partial charge >= 0.3 is 0 Å². The molecule has 0 spiro atoms. The molecule has 1 aromatic heterocycles. The van der Waals surface area contributed by atoms with Gasteiger partial charge in [0.15, 0.2) is 0 Å². The van der Waals surface area contributed by atoms with Crippen molar-refractivity contribution >= 4 is 5.95 Å². The molecule has 1 aliphatic carbocycles. The molecular weight excluding hydrogens is 234 g/mol. The van der Waals surface area contributed by atoms with E-state index in [1.807, 2.05) is 6.20 Å². The summed E-state index contributed by atoms with van der Waals surface area (Å²) in [5.41, 5.74) is 0. The van der Waals surface area contributed by atoms with Crippen LogP contribution in [-0.4, -0.2) is 15.6 Å². The molecule has 1 heterocycles. The van der Waals surface area contributed by atoms with Crippen LogP contribution in [0.3, 0.4) is 0 Å². The van der Waals surface area contributed by atoms with Crippen LogP contribution in [0.25, 0.3) is 0 Å². The number of aromatic nitrogens is 2. The molecule has 108 valence electrons. The second-order valence-electron chi connectivity index (χ2n) is 6.45. The lowest BCUT2D eigenvalue weighted by molar-refractivity contribution is 0.317. The van der Waals surface area contributed by atoms with Gasteiger partial charge in [0.05, 0.1) is 0 Å². The average molecular weight is 263 g/mol. The van der Waals surface area contributed by atoms with E-state index in [9.17, 15) is 0 Å². The van der Waals surface area contributed by atoms with Gasteiger partial charge in [0, 0.05) is 25.0 Å². The Labute approximate surface area is 117 Å². The minimum atomic E-state index is 0.626.